The second kappa shape index (κ2) is 10.2. The first-order valence-electron chi connectivity index (χ1n) is 12.5. The fraction of sp³-hybridized carbons (Fsp3) is 0.571. The molecule has 4 heteroatoms. The van der Waals surface area contributed by atoms with Crippen molar-refractivity contribution in [2.24, 2.45) is 5.92 Å². The van der Waals surface area contributed by atoms with Crippen LogP contribution in [0.2, 0.25) is 0 Å². The summed E-state index contributed by atoms with van der Waals surface area (Å²) in [5.74, 6) is -0.198. The third kappa shape index (κ3) is 4.76. The van der Waals surface area contributed by atoms with Crippen molar-refractivity contribution in [2.75, 3.05) is 0 Å². The van der Waals surface area contributed by atoms with Gasteiger partial charge in [0.2, 0.25) is 0 Å². The maximum Gasteiger partial charge on any atom is 0.169 e. The van der Waals surface area contributed by atoms with Crippen molar-refractivity contribution in [2.45, 2.75) is 95.8 Å². The van der Waals surface area contributed by atoms with Crippen molar-refractivity contribution in [3.05, 3.63) is 60.7 Å². The first-order chi connectivity index (χ1) is 15.5. The second-order valence-electron chi connectivity index (χ2n) is 9.81. The summed E-state index contributed by atoms with van der Waals surface area (Å²) < 4.78 is 28.2. The first-order valence-corrected chi connectivity index (χ1v) is 14.3. The third-order valence-corrected chi connectivity index (χ3v) is 11.3. The zero-order valence-corrected chi connectivity index (χ0v) is 20.8. The molecule has 1 saturated heterocycles. The van der Waals surface area contributed by atoms with E-state index < -0.39 is 12.9 Å². The lowest BCUT2D eigenvalue weighted by molar-refractivity contribution is -0.187. The van der Waals surface area contributed by atoms with Crippen LogP contribution in [0.1, 0.15) is 72.1 Å². The molecule has 0 aromatic heterocycles. The lowest BCUT2D eigenvalue weighted by atomic mass is 9.91. The molecule has 0 bridgehead atoms. The molecule has 0 unspecified atom stereocenters. The quantitative estimate of drug-likeness (QED) is 0.347. The fourth-order valence-electron chi connectivity index (χ4n) is 5.83. The Morgan fingerprint density at radius 3 is 2.00 bits per heavy atom. The maximum absolute atomic E-state index is 15.2. The molecule has 1 spiro atoms. The van der Waals surface area contributed by atoms with E-state index in [1.54, 1.807) is 0 Å². The molecule has 32 heavy (non-hydrogen) atoms. The Kier molecular flexibility index (Phi) is 7.60. The molecule has 0 N–H and O–H groups in total. The molecule has 2 fully saturated rings. The molecule has 4 rings (SSSR count). The number of hydrogen-bond acceptors (Lipinski definition) is 3. The standard InChI is InChI=1S/C28H39O3P/c1-4-5-8-14-24-21-28(30-22(2)23(3)31-28)20-13-19-27(24)32(29,25-15-9-6-10-16-25)26-17-11-7-12-18-26/h6-7,9-12,15-18,22-24,27H,4-5,8,13-14,19-21H2,1-3H3/t22-,23-,24+,27+/m1/s1. The van der Waals surface area contributed by atoms with Crippen LogP contribution in [0.25, 0.3) is 0 Å². The molecule has 1 aliphatic carbocycles. The Morgan fingerprint density at radius 1 is 0.906 bits per heavy atom. The van der Waals surface area contributed by atoms with E-state index in [0.29, 0.717) is 5.92 Å². The highest BCUT2D eigenvalue weighted by molar-refractivity contribution is 7.79. The summed E-state index contributed by atoms with van der Waals surface area (Å²) in [5, 5.41) is 1.98. The van der Waals surface area contributed by atoms with Crippen LogP contribution >= 0.6 is 7.14 Å². The van der Waals surface area contributed by atoms with E-state index in [-0.39, 0.29) is 17.9 Å². The molecule has 4 atom stereocenters. The Balaban J connectivity index is 1.75. The monoisotopic (exact) mass is 454 g/mol. The number of hydrogen-bond donors (Lipinski definition) is 0. The molecule has 174 valence electrons. The highest BCUT2D eigenvalue weighted by Gasteiger charge is 2.51. The molecule has 0 radical (unpaired) electrons. The van der Waals surface area contributed by atoms with Crippen LogP contribution in [0, 0.1) is 5.92 Å². The van der Waals surface area contributed by atoms with E-state index in [1.807, 2.05) is 36.4 Å². The maximum atomic E-state index is 15.2. The molecular formula is C28H39O3P. The number of unbranched alkanes of at least 4 members (excludes halogenated alkanes) is 2. The van der Waals surface area contributed by atoms with Crippen LogP contribution in [0.5, 0.6) is 0 Å². The van der Waals surface area contributed by atoms with Gasteiger partial charge in [0.25, 0.3) is 0 Å². The highest BCUT2D eigenvalue weighted by atomic mass is 31.2. The molecule has 0 amide bonds. The summed E-state index contributed by atoms with van der Waals surface area (Å²) in [5.41, 5.74) is 0.113. The van der Waals surface area contributed by atoms with E-state index >= 15 is 4.57 Å². The van der Waals surface area contributed by atoms with Crippen molar-refractivity contribution in [1.29, 1.82) is 0 Å². The van der Waals surface area contributed by atoms with E-state index in [9.17, 15) is 0 Å². The smallest absolute Gasteiger partial charge is 0.169 e. The average Bonchev–Trinajstić information content (AvgIpc) is 2.98. The van der Waals surface area contributed by atoms with Crippen LogP contribution < -0.4 is 10.6 Å². The molecule has 3 nitrogen and oxygen atoms in total. The third-order valence-electron chi connectivity index (χ3n) is 7.56. The predicted molar refractivity (Wildman–Crippen MR) is 133 cm³/mol. The van der Waals surface area contributed by atoms with Crippen molar-refractivity contribution < 1.29 is 14.0 Å². The molecular weight excluding hydrogens is 415 g/mol. The molecule has 2 aliphatic rings. The van der Waals surface area contributed by atoms with Crippen molar-refractivity contribution >= 4 is 17.8 Å². The van der Waals surface area contributed by atoms with Crippen molar-refractivity contribution in [3.8, 4) is 0 Å². The van der Waals surface area contributed by atoms with E-state index in [1.165, 1.54) is 19.3 Å². The summed E-state index contributed by atoms with van der Waals surface area (Å²) in [4.78, 5) is 0. The second-order valence-corrected chi connectivity index (χ2v) is 12.8. The number of benzene rings is 2. The summed E-state index contributed by atoms with van der Waals surface area (Å²) in [7, 11) is -2.83. The molecule has 1 saturated carbocycles. The molecule has 1 heterocycles. The lowest BCUT2D eigenvalue weighted by Gasteiger charge is -2.36. The van der Waals surface area contributed by atoms with Gasteiger partial charge in [0.15, 0.2) is 5.79 Å². The van der Waals surface area contributed by atoms with E-state index in [0.717, 1.165) is 42.7 Å². The van der Waals surface area contributed by atoms with Gasteiger partial charge in [-0.2, -0.15) is 0 Å². The van der Waals surface area contributed by atoms with Gasteiger partial charge in [0.05, 0.1) is 12.2 Å². The molecule has 2 aromatic carbocycles. The van der Waals surface area contributed by atoms with Gasteiger partial charge in [-0.1, -0.05) is 86.8 Å². The fourth-order valence-corrected chi connectivity index (χ4v) is 9.51. The van der Waals surface area contributed by atoms with Gasteiger partial charge >= 0.3 is 0 Å². The summed E-state index contributed by atoms with van der Waals surface area (Å²) >= 11 is 0. The van der Waals surface area contributed by atoms with Crippen LogP contribution in [0.4, 0.5) is 0 Å². The van der Waals surface area contributed by atoms with Crippen molar-refractivity contribution in [3.63, 3.8) is 0 Å². The van der Waals surface area contributed by atoms with E-state index in [2.05, 4.69) is 45.0 Å². The summed E-state index contributed by atoms with van der Waals surface area (Å²) in [6.07, 6.45) is 8.56. The Labute approximate surface area is 194 Å². The van der Waals surface area contributed by atoms with Gasteiger partial charge in [-0.15, -0.1) is 0 Å². The Morgan fingerprint density at radius 2 is 1.47 bits per heavy atom. The molecule has 1 aliphatic heterocycles. The van der Waals surface area contributed by atoms with Crippen LogP contribution in [0.15, 0.2) is 60.7 Å². The van der Waals surface area contributed by atoms with Crippen LogP contribution in [0.3, 0.4) is 0 Å². The average molecular weight is 455 g/mol. The molecule has 2 aromatic rings. The predicted octanol–water partition coefficient (Wildman–Crippen LogP) is 6.66. The SMILES string of the molecule is CCCCC[C@H]1CC2(CCC[C@@H]1P(=O)(c1ccccc1)c1ccccc1)O[C@H](C)[C@@H](C)O2. The summed E-state index contributed by atoms with van der Waals surface area (Å²) in [6, 6.07) is 20.4. The minimum Gasteiger partial charge on any atom is -0.344 e. The summed E-state index contributed by atoms with van der Waals surface area (Å²) in [6.45, 7) is 6.48. The van der Waals surface area contributed by atoms with Gasteiger partial charge in [0.1, 0.15) is 7.14 Å². The largest absolute Gasteiger partial charge is 0.344 e. The Hall–Kier alpha value is -1.41. The van der Waals surface area contributed by atoms with Crippen molar-refractivity contribution in [1.82, 2.24) is 0 Å². The highest BCUT2D eigenvalue weighted by Crippen LogP contribution is 2.58. The van der Waals surface area contributed by atoms with Gasteiger partial charge in [-0.05, 0) is 39.0 Å². The van der Waals surface area contributed by atoms with Gasteiger partial charge in [-0.3, -0.25) is 0 Å². The van der Waals surface area contributed by atoms with Crippen LogP contribution in [-0.4, -0.2) is 23.7 Å². The lowest BCUT2D eigenvalue weighted by Crippen LogP contribution is -2.36. The van der Waals surface area contributed by atoms with Crippen LogP contribution in [-0.2, 0) is 14.0 Å². The minimum atomic E-state index is -2.83. The van der Waals surface area contributed by atoms with Gasteiger partial charge in [-0.25, -0.2) is 0 Å². The minimum absolute atomic E-state index is 0.109. The number of ether oxygens (including phenoxy) is 2. The van der Waals surface area contributed by atoms with E-state index in [4.69, 9.17) is 9.47 Å². The Bertz CT molecular complexity index is 844. The topological polar surface area (TPSA) is 35.5 Å². The zero-order valence-electron chi connectivity index (χ0n) is 19.9. The normalized spacial score (nSPS) is 28.0. The van der Waals surface area contributed by atoms with Gasteiger partial charge < -0.3 is 14.0 Å². The zero-order chi connectivity index (χ0) is 22.6. The van der Waals surface area contributed by atoms with Gasteiger partial charge in [0, 0.05) is 29.1 Å². The number of rotatable bonds is 7. The first kappa shape index (κ1) is 23.7.